The molecule has 3 rings (SSSR count). The summed E-state index contributed by atoms with van der Waals surface area (Å²) in [7, 11) is 0. The molecule has 1 atom stereocenters. The van der Waals surface area contributed by atoms with Gasteiger partial charge < -0.3 is 14.5 Å². The van der Waals surface area contributed by atoms with Crippen LogP contribution in [0.25, 0.3) is 0 Å². The van der Waals surface area contributed by atoms with Crippen molar-refractivity contribution in [2.75, 3.05) is 11.1 Å². The molecule has 1 N–H and O–H groups in total. The van der Waals surface area contributed by atoms with Crippen LogP contribution in [0.5, 0.6) is 5.75 Å². The zero-order chi connectivity index (χ0) is 19.2. The monoisotopic (exact) mass is 387 g/mol. The molecule has 0 aliphatic rings. The SMILES string of the molecule is Cc1ccc(NC(=O)CSc2nnc([C@H](C)Oc3ccc(F)cc3)o2)cc1. The van der Waals surface area contributed by atoms with Gasteiger partial charge in [-0.3, -0.25) is 4.79 Å². The van der Waals surface area contributed by atoms with Gasteiger partial charge in [-0.1, -0.05) is 29.5 Å². The molecule has 27 heavy (non-hydrogen) atoms. The van der Waals surface area contributed by atoms with Crippen LogP contribution in [0, 0.1) is 12.7 Å². The van der Waals surface area contributed by atoms with Crippen molar-refractivity contribution in [2.45, 2.75) is 25.2 Å². The lowest BCUT2D eigenvalue weighted by Crippen LogP contribution is -2.13. The van der Waals surface area contributed by atoms with Gasteiger partial charge in [0.1, 0.15) is 11.6 Å². The lowest BCUT2D eigenvalue weighted by atomic mass is 10.2. The highest BCUT2D eigenvalue weighted by molar-refractivity contribution is 7.99. The molecule has 1 heterocycles. The maximum absolute atomic E-state index is 12.9. The fourth-order valence-electron chi connectivity index (χ4n) is 2.17. The number of aromatic nitrogens is 2. The number of aryl methyl sites for hydroxylation is 1. The van der Waals surface area contributed by atoms with E-state index in [1.165, 1.54) is 24.3 Å². The predicted molar refractivity (Wildman–Crippen MR) is 100 cm³/mol. The van der Waals surface area contributed by atoms with Crippen LogP contribution < -0.4 is 10.1 Å². The third kappa shape index (κ3) is 5.55. The van der Waals surface area contributed by atoms with Crippen molar-refractivity contribution >= 4 is 23.4 Å². The van der Waals surface area contributed by atoms with Gasteiger partial charge in [-0.15, -0.1) is 10.2 Å². The zero-order valence-corrected chi connectivity index (χ0v) is 15.6. The Labute approximate surface area is 160 Å². The standard InChI is InChI=1S/C19H18FN3O3S/c1-12-3-7-15(8-4-12)21-17(24)11-27-19-23-22-18(26-19)13(2)25-16-9-5-14(20)6-10-16/h3-10,13H,11H2,1-2H3,(H,21,24)/t13-/m0/s1. The van der Waals surface area contributed by atoms with Crippen molar-refractivity contribution in [3.05, 3.63) is 65.8 Å². The number of halogens is 1. The molecule has 0 spiro atoms. The molecule has 0 unspecified atom stereocenters. The summed E-state index contributed by atoms with van der Waals surface area (Å²) < 4.78 is 24.1. The maximum atomic E-state index is 12.9. The second-order valence-corrected chi connectivity index (χ2v) is 6.75. The molecule has 1 amide bonds. The first-order valence-corrected chi connectivity index (χ1v) is 9.23. The molecule has 0 bridgehead atoms. The summed E-state index contributed by atoms with van der Waals surface area (Å²) >= 11 is 1.14. The second kappa shape index (κ2) is 8.68. The topological polar surface area (TPSA) is 77.2 Å². The average Bonchev–Trinajstić information content (AvgIpc) is 3.13. The number of nitrogens with one attached hydrogen (secondary N) is 1. The van der Waals surface area contributed by atoms with E-state index in [-0.39, 0.29) is 28.6 Å². The smallest absolute Gasteiger partial charge is 0.277 e. The number of carbonyl (C=O) groups excluding carboxylic acids is 1. The van der Waals surface area contributed by atoms with Crippen molar-refractivity contribution in [1.29, 1.82) is 0 Å². The first kappa shape index (κ1) is 18.9. The van der Waals surface area contributed by atoms with Gasteiger partial charge in [0.25, 0.3) is 11.1 Å². The lowest BCUT2D eigenvalue weighted by molar-refractivity contribution is -0.113. The molecule has 2 aromatic carbocycles. The number of carbonyl (C=O) groups is 1. The Morgan fingerprint density at radius 3 is 2.59 bits per heavy atom. The number of ether oxygens (including phenoxy) is 1. The summed E-state index contributed by atoms with van der Waals surface area (Å²) in [5.41, 5.74) is 1.86. The number of anilines is 1. The Hall–Kier alpha value is -2.87. The molecule has 0 saturated carbocycles. The molecule has 6 nitrogen and oxygen atoms in total. The number of hydrogen-bond acceptors (Lipinski definition) is 6. The van der Waals surface area contributed by atoms with Crippen molar-refractivity contribution < 1.29 is 18.3 Å². The third-order valence-corrected chi connectivity index (χ3v) is 4.38. The first-order chi connectivity index (χ1) is 13.0. The van der Waals surface area contributed by atoms with Crippen molar-refractivity contribution in [3.63, 3.8) is 0 Å². The van der Waals surface area contributed by atoms with Crippen molar-refractivity contribution in [3.8, 4) is 5.75 Å². The molecule has 0 saturated heterocycles. The number of amides is 1. The molecule has 140 valence electrons. The van der Waals surface area contributed by atoms with E-state index in [0.29, 0.717) is 5.75 Å². The maximum Gasteiger partial charge on any atom is 0.277 e. The lowest BCUT2D eigenvalue weighted by Gasteiger charge is -2.10. The zero-order valence-electron chi connectivity index (χ0n) is 14.8. The van der Waals surface area contributed by atoms with Crippen LogP contribution in [0.4, 0.5) is 10.1 Å². The van der Waals surface area contributed by atoms with Crippen LogP contribution in [-0.2, 0) is 4.79 Å². The van der Waals surface area contributed by atoms with Gasteiger partial charge in [-0.25, -0.2) is 4.39 Å². The third-order valence-electron chi connectivity index (χ3n) is 3.56. The highest BCUT2D eigenvalue weighted by Gasteiger charge is 2.17. The minimum Gasteiger partial charge on any atom is -0.481 e. The molecule has 8 heteroatoms. The number of nitrogens with zero attached hydrogens (tertiary/aromatic N) is 2. The van der Waals surface area contributed by atoms with Crippen LogP contribution in [0.15, 0.2) is 58.2 Å². The Kier molecular flexibility index (Phi) is 6.08. The van der Waals surface area contributed by atoms with Crippen molar-refractivity contribution in [2.24, 2.45) is 0 Å². The van der Waals surface area contributed by atoms with E-state index in [2.05, 4.69) is 15.5 Å². The normalized spacial score (nSPS) is 11.8. The molecular weight excluding hydrogens is 369 g/mol. The van der Waals surface area contributed by atoms with Crippen LogP contribution in [-0.4, -0.2) is 21.9 Å². The summed E-state index contributed by atoms with van der Waals surface area (Å²) in [5, 5.41) is 10.9. The number of benzene rings is 2. The Morgan fingerprint density at radius 1 is 1.19 bits per heavy atom. The quantitative estimate of drug-likeness (QED) is 0.606. The largest absolute Gasteiger partial charge is 0.481 e. The van der Waals surface area contributed by atoms with Gasteiger partial charge in [-0.2, -0.15) is 0 Å². The van der Waals surface area contributed by atoms with Gasteiger partial charge in [-0.05, 0) is 50.2 Å². The summed E-state index contributed by atoms with van der Waals surface area (Å²) in [5.74, 6) is 0.409. The van der Waals surface area contributed by atoms with E-state index in [0.717, 1.165) is 23.0 Å². The minimum atomic E-state index is -0.501. The first-order valence-electron chi connectivity index (χ1n) is 8.24. The van der Waals surface area contributed by atoms with Gasteiger partial charge >= 0.3 is 0 Å². The fourth-order valence-corrected chi connectivity index (χ4v) is 2.74. The average molecular weight is 387 g/mol. The van der Waals surface area contributed by atoms with E-state index in [4.69, 9.17) is 9.15 Å². The minimum absolute atomic E-state index is 0.142. The van der Waals surface area contributed by atoms with Gasteiger partial charge in [0.2, 0.25) is 5.91 Å². The van der Waals surface area contributed by atoms with Crippen LogP contribution in [0.2, 0.25) is 0 Å². The molecule has 0 aliphatic heterocycles. The molecule has 0 fully saturated rings. The van der Waals surface area contributed by atoms with E-state index in [1.807, 2.05) is 31.2 Å². The summed E-state index contributed by atoms with van der Waals surface area (Å²) in [6.07, 6.45) is -0.501. The highest BCUT2D eigenvalue weighted by Crippen LogP contribution is 2.24. The van der Waals surface area contributed by atoms with E-state index < -0.39 is 6.10 Å². The van der Waals surface area contributed by atoms with E-state index in [9.17, 15) is 9.18 Å². The van der Waals surface area contributed by atoms with E-state index in [1.54, 1.807) is 6.92 Å². The molecule has 0 aliphatic carbocycles. The molecule has 0 radical (unpaired) electrons. The molecular formula is C19H18FN3O3S. The fraction of sp³-hybridized carbons (Fsp3) is 0.211. The summed E-state index contributed by atoms with van der Waals surface area (Å²) in [4.78, 5) is 12.0. The summed E-state index contributed by atoms with van der Waals surface area (Å²) in [6, 6.07) is 13.2. The Balaban J connectivity index is 1.50. The number of hydrogen-bond donors (Lipinski definition) is 1. The van der Waals surface area contributed by atoms with Crippen molar-refractivity contribution in [1.82, 2.24) is 10.2 Å². The predicted octanol–water partition coefficient (Wildman–Crippen LogP) is 4.39. The van der Waals surface area contributed by atoms with Gasteiger partial charge in [0, 0.05) is 5.69 Å². The molecule has 1 aromatic heterocycles. The number of rotatable bonds is 7. The number of thioether (sulfide) groups is 1. The highest BCUT2D eigenvalue weighted by atomic mass is 32.2. The van der Waals surface area contributed by atoms with E-state index >= 15 is 0 Å². The van der Waals surface area contributed by atoms with Gasteiger partial charge in [0.15, 0.2) is 6.10 Å². The van der Waals surface area contributed by atoms with Gasteiger partial charge in [0.05, 0.1) is 5.75 Å². The Bertz CT molecular complexity index is 897. The second-order valence-electron chi connectivity index (χ2n) is 5.82. The molecule has 3 aromatic rings. The van der Waals surface area contributed by atoms with Crippen LogP contribution >= 0.6 is 11.8 Å². The van der Waals surface area contributed by atoms with Crippen LogP contribution in [0.3, 0.4) is 0 Å². The summed E-state index contributed by atoms with van der Waals surface area (Å²) in [6.45, 7) is 3.73. The Morgan fingerprint density at radius 2 is 1.89 bits per heavy atom. The van der Waals surface area contributed by atoms with Crippen LogP contribution in [0.1, 0.15) is 24.5 Å².